The van der Waals surface area contributed by atoms with E-state index in [9.17, 15) is 0 Å². The molecule has 1 unspecified atom stereocenters. The number of hydrogen-bond donors (Lipinski definition) is 1. The van der Waals surface area contributed by atoms with Crippen molar-refractivity contribution in [3.05, 3.63) is 52.5 Å². The van der Waals surface area contributed by atoms with E-state index >= 15 is 0 Å². The van der Waals surface area contributed by atoms with E-state index in [0.717, 1.165) is 28.3 Å². The molecule has 2 nitrogen and oxygen atoms in total. The van der Waals surface area contributed by atoms with E-state index in [1.807, 2.05) is 24.3 Å². The summed E-state index contributed by atoms with van der Waals surface area (Å²) in [6, 6.07) is 12.2. The molecule has 0 fully saturated rings. The quantitative estimate of drug-likeness (QED) is 0.923. The fraction of sp³-hybridized carbons (Fsp3) is 0.250. The summed E-state index contributed by atoms with van der Waals surface area (Å²) in [7, 11) is 1.70. The van der Waals surface area contributed by atoms with Gasteiger partial charge in [-0.3, -0.25) is 0 Å². The highest BCUT2D eigenvalue weighted by atomic mass is 35.5. The number of nitrogens with two attached hydrogens (primary N) is 1. The minimum absolute atomic E-state index is 0.323. The van der Waals surface area contributed by atoms with Gasteiger partial charge in [-0.05, 0) is 36.2 Å². The SMILES string of the molecule is COc1cccc2c1-c1c(Cl)cccc1C2CCN. The third kappa shape index (κ3) is 1.83. The average molecular weight is 274 g/mol. The van der Waals surface area contributed by atoms with E-state index in [-0.39, 0.29) is 0 Å². The standard InChI is InChI=1S/C16H16ClNO/c1-19-14-7-3-5-12-10(8-9-18)11-4-2-6-13(17)15(11)16(12)14/h2-7,10H,8-9,18H2,1H3. The molecule has 1 atom stereocenters. The minimum Gasteiger partial charge on any atom is -0.496 e. The molecule has 2 N–H and O–H groups in total. The van der Waals surface area contributed by atoms with Crippen molar-refractivity contribution >= 4 is 11.6 Å². The second-order valence-electron chi connectivity index (χ2n) is 4.76. The van der Waals surface area contributed by atoms with E-state index in [4.69, 9.17) is 22.1 Å². The van der Waals surface area contributed by atoms with Crippen LogP contribution in [0.25, 0.3) is 11.1 Å². The molecular formula is C16H16ClNO. The van der Waals surface area contributed by atoms with Gasteiger partial charge in [-0.25, -0.2) is 0 Å². The van der Waals surface area contributed by atoms with E-state index < -0.39 is 0 Å². The largest absolute Gasteiger partial charge is 0.496 e. The molecule has 0 heterocycles. The summed E-state index contributed by atoms with van der Waals surface area (Å²) in [6.07, 6.45) is 0.924. The first-order valence-electron chi connectivity index (χ1n) is 6.43. The zero-order chi connectivity index (χ0) is 13.4. The van der Waals surface area contributed by atoms with E-state index in [0.29, 0.717) is 12.5 Å². The summed E-state index contributed by atoms with van der Waals surface area (Å²) < 4.78 is 5.51. The first-order chi connectivity index (χ1) is 9.27. The first-order valence-corrected chi connectivity index (χ1v) is 6.81. The Kier molecular flexibility index (Phi) is 3.21. The average Bonchev–Trinajstić information content (AvgIpc) is 2.75. The first kappa shape index (κ1) is 12.5. The van der Waals surface area contributed by atoms with Crippen LogP contribution in [0.2, 0.25) is 5.02 Å². The smallest absolute Gasteiger partial charge is 0.127 e. The summed E-state index contributed by atoms with van der Waals surface area (Å²) in [4.78, 5) is 0. The zero-order valence-electron chi connectivity index (χ0n) is 10.8. The van der Waals surface area contributed by atoms with Gasteiger partial charge in [0, 0.05) is 22.1 Å². The fourth-order valence-electron chi connectivity index (χ4n) is 3.02. The Morgan fingerprint density at radius 3 is 2.47 bits per heavy atom. The molecule has 2 aromatic carbocycles. The van der Waals surface area contributed by atoms with Crippen molar-refractivity contribution in [1.82, 2.24) is 0 Å². The Hall–Kier alpha value is -1.51. The highest BCUT2D eigenvalue weighted by Gasteiger charge is 2.31. The molecule has 0 spiro atoms. The van der Waals surface area contributed by atoms with E-state index in [1.54, 1.807) is 7.11 Å². The van der Waals surface area contributed by atoms with Gasteiger partial charge < -0.3 is 10.5 Å². The number of hydrogen-bond acceptors (Lipinski definition) is 2. The third-order valence-electron chi connectivity index (χ3n) is 3.78. The molecule has 1 aliphatic carbocycles. The fourth-order valence-corrected chi connectivity index (χ4v) is 3.29. The lowest BCUT2D eigenvalue weighted by Gasteiger charge is -2.12. The number of methoxy groups -OCH3 is 1. The predicted molar refractivity (Wildman–Crippen MR) is 79.0 cm³/mol. The third-order valence-corrected chi connectivity index (χ3v) is 4.10. The topological polar surface area (TPSA) is 35.2 Å². The Bertz CT molecular complexity index is 624. The maximum Gasteiger partial charge on any atom is 0.127 e. The van der Waals surface area contributed by atoms with Crippen molar-refractivity contribution in [3.63, 3.8) is 0 Å². The van der Waals surface area contributed by atoms with Gasteiger partial charge in [0.25, 0.3) is 0 Å². The molecule has 0 amide bonds. The molecule has 98 valence electrons. The summed E-state index contributed by atoms with van der Waals surface area (Å²) in [5.41, 5.74) is 10.5. The number of halogens is 1. The van der Waals surface area contributed by atoms with Crippen molar-refractivity contribution < 1.29 is 4.74 Å². The van der Waals surface area contributed by atoms with Crippen molar-refractivity contribution in [1.29, 1.82) is 0 Å². The molecule has 0 aliphatic heterocycles. The van der Waals surface area contributed by atoms with Gasteiger partial charge >= 0.3 is 0 Å². The minimum atomic E-state index is 0.323. The van der Waals surface area contributed by atoms with Gasteiger partial charge in [0.05, 0.1) is 7.11 Å². The molecule has 0 saturated heterocycles. The van der Waals surface area contributed by atoms with Crippen LogP contribution < -0.4 is 10.5 Å². The summed E-state index contributed by atoms with van der Waals surface area (Å²) >= 11 is 6.40. The van der Waals surface area contributed by atoms with Crippen LogP contribution >= 0.6 is 11.6 Å². The van der Waals surface area contributed by atoms with Crippen molar-refractivity contribution in [2.75, 3.05) is 13.7 Å². The Morgan fingerprint density at radius 1 is 1.11 bits per heavy atom. The van der Waals surface area contributed by atoms with Crippen LogP contribution in [0.15, 0.2) is 36.4 Å². The van der Waals surface area contributed by atoms with Gasteiger partial charge in [0.2, 0.25) is 0 Å². The summed E-state index contributed by atoms with van der Waals surface area (Å²) in [5, 5.41) is 0.780. The summed E-state index contributed by atoms with van der Waals surface area (Å²) in [5.74, 6) is 1.20. The highest BCUT2D eigenvalue weighted by molar-refractivity contribution is 6.34. The van der Waals surface area contributed by atoms with Gasteiger partial charge in [0.15, 0.2) is 0 Å². The van der Waals surface area contributed by atoms with Crippen LogP contribution in [0.3, 0.4) is 0 Å². The zero-order valence-corrected chi connectivity index (χ0v) is 11.6. The second kappa shape index (κ2) is 4.87. The molecule has 19 heavy (non-hydrogen) atoms. The van der Waals surface area contributed by atoms with Gasteiger partial charge in [0.1, 0.15) is 5.75 Å². The van der Waals surface area contributed by atoms with Crippen molar-refractivity contribution in [2.45, 2.75) is 12.3 Å². The highest BCUT2D eigenvalue weighted by Crippen LogP contribution is 2.52. The molecule has 0 radical (unpaired) electrons. The normalized spacial score (nSPS) is 16.1. The van der Waals surface area contributed by atoms with Crippen molar-refractivity contribution in [2.24, 2.45) is 5.73 Å². The van der Waals surface area contributed by atoms with Crippen LogP contribution in [-0.2, 0) is 0 Å². The second-order valence-corrected chi connectivity index (χ2v) is 5.17. The molecule has 0 bridgehead atoms. The maximum atomic E-state index is 6.40. The number of fused-ring (bicyclic) bond motifs is 3. The van der Waals surface area contributed by atoms with Crippen LogP contribution in [0.4, 0.5) is 0 Å². The van der Waals surface area contributed by atoms with Gasteiger partial charge in [-0.2, -0.15) is 0 Å². The molecular weight excluding hydrogens is 258 g/mol. The summed E-state index contributed by atoms with van der Waals surface area (Å²) in [6.45, 7) is 0.660. The molecule has 3 rings (SSSR count). The van der Waals surface area contributed by atoms with E-state index in [1.165, 1.54) is 11.1 Å². The molecule has 0 saturated carbocycles. The molecule has 1 aliphatic rings. The lowest BCUT2D eigenvalue weighted by atomic mass is 9.94. The van der Waals surface area contributed by atoms with E-state index in [2.05, 4.69) is 12.1 Å². The molecule has 3 heteroatoms. The lowest BCUT2D eigenvalue weighted by molar-refractivity contribution is 0.416. The monoisotopic (exact) mass is 273 g/mol. The Morgan fingerprint density at radius 2 is 1.79 bits per heavy atom. The van der Waals surface area contributed by atoms with Crippen molar-refractivity contribution in [3.8, 4) is 16.9 Å². The molecule has 0 aromatic heterocycles. The Labute approximate surface area is 118 Å². The predicted octanol–water partition coefficient (Wildman–Crippen LogP) is 3.81. The lowest BCUT2D eigenvalue weighted by Crippen LogP contribution is -2.06. The number of rotatable bonds is 3. The maximum absolute atomic E-state index is 6.40. The number of benzene rings is 2. The van der Waals surface area contributed by atoms with Crippen LogP contribution in [0.1, 0.15) is 23.5 Å². The van der Waals surface area contributed by atoms with Gasteiger partial charge in [-0.15, -0.1) is 0 Å². The van der Waals surface area contributed by atoms with Crippen LogP contribution in [-0.4, -0.2) is 13.7 Å². The number of ether oxygens (including phenoxy) is 1. The molecule has 2 aromatic rings. The van der Waals surface area contributed by atoms with Crippen LogP contribution in [0.5, 0.6) is 5.75 Å². The Balaban J connectivity index is 2.30. The van der Waals surface area contributed by atoms with Crippen LogP contribution in [0, 0.1) is 0 Å². The van der Waals surface area contributed by atoms with Gasteiger partial charge in [-0.1, -0.05) is 35.9 Å².